The van der Waals surface area contributed by atoms with Crippen LogP contribution in [0.15, 0.2) is 0 Å². The Morgan fingerprint density at radius 2 is 1.90 bits per heavy atom. The molecule has 0 spiro atoms. The lowest BCUT2D eigenvalue weighted by atomic mass is 9.88. The van der Waals surface area contributed by atoms with Crippen LogP contribution in [0.3, 0.4) is 0 Å². The summed E-state index contributed by atoms with van der Waals surface area (Å²) in [6.45, 7) is 3.33. The van der Waals surface area contributed by atoms with Crippen molar-refractivity contribution in [3.05, 3.63) is 0 Å². The van der Waals surface area contributed by atoms with Gasteiger partial charge < -0.3 is 20.3 Å². The molecular formula is C16H31NO3. The van der Waals surface area contributed by atoms with Gasteiger partial charge in [-0.1, -0.05) is 32.6 Å². The molecule has 0 radical (unpaired) electrons. The van der Waals surface area contributed by atoms with E-state index in [1.165, 1.54) is 32.1 Å². The Balaban J connectivity index is 1.66. The van der Waals surface area contributed by atoms with E-state index < -0.39 is 6.10 Å². The SMILES string of the molecule is CC1CCCCC1OCC(O)CNC1(CO)CCCC1. The van der Waals surface area contributed by atoms with Gasteiger partial charge in [0.2, 0.25) is 0 Å². The fraction of sp³-hybridized carbons (Fsp3) is 1.00. The summed E-state index contributed by atoms with van der Waals surface area (Å²) in [5.74, 6) is 0.613. The minimum absolute atomic E-state index is 0.154. The van der Waals surface area contributed by atoms with Crippen LogP contribution in [0.1, 0.15) is 58.3 Å². The first-order valence-electron chi connectivity index (χ1n) is 8.31. The van der Waals surface area contributed by atoms with E-state index >= 15 is 0 Å². The second kappa shape index (κ2) is 7.74. The van der Waals surface area contributed by atoms with Gasteiger partial charge in [-0.05, 0) is 31.6 Å². The molecule has 0 heterocycles. The van der Waals surface area contributed by atoms with E-state index in [-0.39, 0.29) is 12.1 Å². The van der Waals surface area contributed by atoms with Crippen molar-refractivity contribution in [1.29, 1.82) is 0 Å². The molecule has 0 bridgehead atoms. The second-order valence-electron chi connectivity index (χ2n) is 6.81. The van der Waals surface area contributed by atoms with E-state index in [1.807, 2.05) is 0 Å². The van der Waals surface area contributed by atoms with Crippen molar-refractivity contribution in [2.75, 3.05) is 19.8 Å². The highest BCUT2D eigenvalue weighted by atomic mass is 16.5. The Labute approximate surface area is 122 Å². The average Bonchev–Trinajstić information content (AvgIpc) is 2.94. The van der Waals surface area contributed by atoms with E-state index in [0.29, 0.717) is 25.2 Å². The molecule has 4 heteroatoms. The maximum absolute atomic E-state index is 10.1. The fourth-order valence-electron chi connectivity index (χ4n) is 3.60. The van der Waals surface area contributed by atoms with E-state index in [0.717, 1.165) is 19.3 Å². The molecule has 2 aliphatic carbocycles. The molecule has 0 aromatic rings. The Hall–Kier alpha value is -0.160. The highest BCUT2D eigenvalue weighted by Gasteiger charge is 2.33. The first-order valence-corrected chi connectivity index (χ1v) is 8.31. The monoisotopic (exact) mass is 285 g/mol. The third-order valence-corrected chi connectivity index (χ3v) is 5.11. The molecule has 0 aromatic carbocycles. The summed E-state index contributed by atoms with van der Waals surface area (Å²) >= 11 is 0. The van der Waals surface area contributed by atoms with Crippen LogP contribution in [-0.2, 0) is 4.74 Å². The molecular weight excluding hydrogens is 254 g/mol. The molecule has 118 valence electrons. The lowest BCUT2D eigenvalue weighted by molar-refractivity contribution is -0.0472. The Morgan fingerprint density at radius 3 is 2.55 bits per heavy atom. The summed E-state index contributed by atoms with van der Waals surface area (Å²) in [6, 6.07) is 0. The smallest absolute Gasteiger partial charge is 0.0898 e. The summed E-state index contributed by atoms with van der Waals surface area (Å²) in [6.07, 6.45) is 9.12. The summed E-state index contributed by atoms with van der Waals surface area (Å²) in [5, 5.41) is 23.0. The largest absolute Gasteiger partial charge is 0.394 e. The first-order chi connectivity index (χ1) is 9.65. The van der Waals surface area contributed by atoms with E-state index in [4.69, 9.17) is 4.74 Å². The van der Waals surface area contributed by atoms with Crippen molar-refractivity contribution in [3.8, 4) is 0 Å². The molecule has 2 fully saturated rings. The maximum Gasteiger partial charge on any atom is 0.0898 e. The van der Waals surface area contributed by atoms with Gasteiger partial charge in [-0.3, -0.25) is 0 Å². The van der Waals surface area contributed by atoms with Crippen LogP contribution in [0.25, 0.3) is 0 Å². The standard InChI is InChI=1S/C16H31NO3/c1-13-6-2-3-7-15(13)20-11-14(19)10-17-16(12-18)8-4-5-9-16/h13-15,17-19H,2-12H2,1H3. The van der Waals surface area contributed by atoms with Crippen molar-refractivity contribution in [3.63, 3.8) is 0 Å². The molecule has 4 nitrogen and oxygen atoms in total. The molecule has 0 aromatic heterocycles. The van der Waals surface area contributed by atoms with Gasteiger partial charge in [0, 0.05) is 12.1 Å². The van der Waals surface area contributed by atoms with Crippen LogP contribution in [0.2, 0.25) is 0 Å². The zero-order chi connectivity index (χ0) is 14.4. The molecule has 0 aliphatic heterocycles. The highest BCUT2D eigenvalue weighted by Crippen LogP contribution is 2.29. The van der Waals surface area contributed by atoms with Crippen molar-refractivity contribution in [2.45, 2.75) is 76.0 Å². The zero-order valence-corrected chi connectivity index (χ0v) is 12.8. The third-order valence-electron chi connectivity index (χ3n) is 5.11. The number of ether oxygens (including phenoxy) is 1. The van der Waals surface area contributed by atoms with Crippen LogP contribution < -0.4 is 5.32 Å². The average molecular weight is 285 g/mol. The summed E-state index contributed by atoms with van der Waals surface area (Å²) in [4.78, 5) is 0. The van der Waals surface area contributed by atoms with E-state index in [1.54, 1.807) is 0 Å². The van der Waals surface area contributed by atoms with Crippen LogP contribution in [0.4, 0.5) is 0 Å². The van der Waals surface area contributed by atoms with Crippen molar-refractivity contribution in [1.82, 2.24) is 5.32 Å². The molecule has 0 saturated heterocycles. The summed E-state index contributed by atoms with van der Waals surface area (Å²) in [7, 11) is 0. The van der Waals surface area contributed by atoms with E-state index in [9.17, 15) is 10.2 Å². The van der Waals surface area contributed by atoms with Gasteiger partial charge in [0.15, 0.2) is 0 Å². The summed E-state index contributed by atoms with van der Waals surface area (Å²) < 4.78 is 5.89. The molecule has 0 amide bonds. The van der Waals surface area contributed by atoms with Gasteiger partial charge in [0.05, 0.1) is 25.4 Å². The van der Waals surface area contributed by atoms with Crippen LogP contribution in [0, 0.1) is 5.92 Å². The number of β-amino-alcohol motifs (C(OH)–C–C–N with tert-alkyl or cyclic N) is 1. The minimum Gasteiger partial charge on any atom is -0.394 e. The lowest BCUT2D eigenvalue weighted by Crippen LogP contribution is -2.49. The van der Waals surface area contributed by atoms with Crippen molar-refractivity contribution in [2.24, 2.45) is 5.92 Å². The van der Waals surface area contributed by atoms with Gasteiger partial charge >= 0.3 is 0 Å². The molecule has 3 unspecified atom stereocenters. The van der Waals surface area contributed by atoms with Gasteiger partial charge in [0.25, 0.3) is 0 Å². The number of hydrogen-bond donors (Lipinski definition) is 3. The van der Waals surface area contributed by atoms with Crippen LogP contribution in [-0.4, -0.2) is 47.7 Å². The number of hydrogen-bond acceptors (Lipinski definition) is 4. The van der Waals surface area contributed by atoms with Gasteiger partial charge in [-0.2, -0.15) is 0 Å². The number of rotatable bonds is 7. The molecule has 20 heavy (non-hydrogen) atoms. The molecule has 3 atom stereocenters. The van der Waals surface area contributed by atoms with Crippen LogP contribution >= 0.6 is 0 Å². The fourth-order valence-corrected chi connectivity index (χ4v) is 3.60. The molecule has 2 saturated carbocycles. The highest BCUT2D eigenvalue weighted by molar-refractivity contribution is 4.92. The zero-order valence-electron chi connectivity index (χ0n) is 12.8. The lowest BCUT2D eigenvalue weighted by Gasteiger charge is -2.31. The minimum atomic E-state index is -0.479. The predicted octanol–water partition coefficient (Wildman–Crippen LogP) is 1.84. The normalized spacial score (nSPS) is 31.4. The van der Waals surface area contributed by atoms with Crippen LogP contribution in [0.5, 0.6) is 0 Å². The van der Waals surface area contributed by atoms with Crippen molar-refractivity contribution >= 4 is 0 Å². The maximum atomic E-state index is 10.1. The topological polar surface area (TPSA) is 61.7 Å². The Kier molecular flexibility index (Phi) is 6.27. The number of aliphatic hydroxyl groups is 2. The van der Waals surface area contributed by atoms with Gasteiger partial charge in [-0.15, -0.1) is 0 Å². The first kappa shape index (κ1) is 16.2. The third kappa shape index (κ3) is 4.42. The molecule has 3 N–H and O–H groups in total. The Bertz CT molecular complexity index is 279. The van der Waals surface area contributed by atoms with Gasteiger partial charge in [0.1, 0.15) is 0 Å². The molecule has 2 aliphatic rings. The second-order valence-corrected chi connectivity index (χ2v) is 6.81. The van der Waals surface area contributed by atoms with Gasteiger partial charge in [-0.25, -0.2) is 0 Å². The Morgan fingerprint density at radius 1 is 1.20 bits per heavy atom. The number of aliphatic hydroxyl groups excluding tert-OH is 2. The summed E-state index contributed by atoms with van der Waals surface area (Å²) in [5.41, 5.74) is -0.154. The quantitative estimate of drug-likeness (QED) is 0.668. The predicted molar refractivity (Wildman–Crippen MR) is 79.7 cm³/mol. The molecule has 2 rings (SSSR count). The van der Waals surface area contributed by atoms with Crippen molar-refractivity contribution < 1.29 is 14.9 Å². The number of nitrogens with one attached hydrogen (secondary N) is 1. The van der Waals surface area contributed by atoms with E-state index in [2.05, 4.69) is 12.2 Å².